The van der Waals surface area contributed by atoms with Crippen LogP contribution in [0.15, 0.2) is 18.2 Å². The Kier molecular flexibility index (Phi) is 7.20. The number of piperidine rings is 1. The topological polar surface area (TPSA) is 41.1 Å². The molecule has 1 amide bonds. The van der Waals surface area contributed by atoms with Crippen LogP contribution in [0.4, 0.5) is 5.69 Å². The Labute approximate surface area is 134 Å². The number of anilines is 1. The first-order chi connectivity index (χ1) is 9.58. The molecule has 0 aliphatic carbocycles. The van der Waals surface area contributed by atoms with Gasteiger partial charge in [-0.15, -0.1) is 12.4 Å². The minimum Gasteiger partial charge on any atom is -0.326 e. The van der Waals surface area contributed by atoms with E-state index in [2.05, 4.69) is 17.6 Å². The molecule has 4 heteroatoms. The number of hydrogen-bond acceptors (Lipinski definition) is 2. The highest BCUT2D eigenvalue weighted by atomic mass is 35.5. The van der Waals surface area contributed by atoms with E-state index in [4.69, 9.17) is 0 Å². The third-order valence-electron chi connectivity index (χ3n) is 4.44. The number of amides is 1. The molecule has 1 aliphatic heterocycles. The SMILES string of the molecule is Cc1cccc(C)c1NC(=O)CC(C)C1CCNCC1.Cl. The summed E-state index contributed by atoms with van der Waals surface area (Å²) in [4.78, 5) is 12.2. The van der Waals surface area contributed by atoms with Gasteiger partial charge >= 0.3 is 0 Å². The van der Waals surface area contributed by atoms with Crippen molar-refractivity contribution in [2.45, 2.75) is 40.0 Å². The van der Waals surface area contributed by atoms with Gasteiger partial charge in [0.25, 0.3) is 0 Å². The fourth-order valence-electron chi connectivity index (χ4n) is 3.07. The molecule has 0 radical (unpaired) electrons. The lowest BCUT2D eigenvalue weighted by molar-refractivity contribution is -0.117. The smallest absolute Gasteiger partial charge is 0.224 e. The van der Waals surface area contributed by atoms with Crippen LogP contribution in [-0.2, 0) is 4.79 Å². The fraction of sp³-hybridized carbons (Fsp3) is 0.588. The van der Waals surface area contributed by atoms with Gasteiger partial charge in [-0.3, -0.25) is 4.79 Å². The van der Waals surface area contributed by atoms with Gasteiger partial charge in [-0.2, -0.15) is 0 Å². The summed E-state index contributed by atoms with van der Waals surface area (Å²) in [5.41, 5.74) is 3.25. The van der Waals surface area contributed by atoms with Gasteiger partial charge in [-0.1, -0.05) is 25.1 Å². The second-order valence-electron chi connectivity index (χ2n) is 6.08. The van der Waals surface area contributed by atoms with Crippen molar-refractivity contribution in [3.63, 3.8) is 0 Å². The van der Waals surface area contributed by atoms with Crippen molar-refractivity contribution in [2.75, 3.05) is 18.4 Å². The average molecular weight is 311 g/mol. The standard InChI is InChI=1S/C17H26N2O.ClH/c1-12-5-4-6-13(2)17(12)19-16(20)11-14(3)15-7-9-18-10-8-15;/h4-6,14-15,18H,7-11H2,1-3H3,(H,19,20);1H. The van der Waals surface area contributed by atoms with Crippen molar-refractivity contribution in [1.29, 1.82) is 0 Å². The van der Waals surface area contributed by atoms with E-state index in [9.17, 15) is 4.79 Å². The van der Waals surface area contributed by atoms with E-state index >= 15 is 0 Å². The van der Waals surface area contributed by atoms with E-state index in [0.717, 1.165) is 29.9 Å². The van der Waals surface area contributed by atoms with E-state index in [-0.39, 0.29) is 18.3 Å². The zero-order valence-electron chi connectivity index (χ0n) is 13.2. The highest BCUT2D eigenvalue weighted by Gasteiger charge is 2.22. The molecule has 1 aromatic rings. The summed E-state index contributed by atoms with van der Waals surface area (Å²) in [6.07, 6.45) is 3.01. The number of carbonyl (C=O) groups is 1. The van der Waals surface area contributed by atoms with Crippen LogP contribution in [0.3, 0.4) is 0 Å². The summed E-state index contributed by atoms with van der Waals surface area (Å²) < 4.78 is 0. The van der Waals surface area contributed by atoms with Crippen LogP contribution in [0.25, 0.3) is 0 Å². The first-order valence-corrected chi connectivity index (χ1v) is 7.64. The maximum atomic E-state index is 12.2. The van der Waals surface area contributed by atoms with E-state index in [1.807, 2.05) is 32.0 Å². The van der Waals surface area contributed by atoms with E-state index in [1.165, 1.54) is 12.8 Å². The fourth-order valence-corrected chi connectivity index (χ4v) is 3.07. The van der Waals surface area contributed by atoms with E-state index in [1.54, 1.807) is 0 Å². The monoisotopic (exact) mass is 310 g/mol. The van der Waals surface area contributed by atoms with Crippen LogP contribution in [0, 0.1) is 25.7 Å². The van der Waals surface area contributed by atoms with Crippen LogP contribution < -0.4 is 10.6 Å². The quantitative estimate of drug-likeness (QED) is 0.890. The van der Waals surface area contributed by atoms with Gasteiger partial charge in [-0.05, 0) is 62.7 Å². The Morgan fingerprint density at radius 1 is 1.29 bits per heavy atom. The van der Waals surface area contributed by atoms with Gasteiger partial charge in [-0.25, -0.2) is 0 Å². The molecule has 0 aromatic heterocycles. The van der Waals surface area contributed by atoms with Gasteiger partial charge in [0.1, 0.15) is 0 Å². The molecule has 3 nitrogen and oxygen atoms in total. The average Bonchev–Trinajstić information content (AvgIpc) is 2.44. The predicted octanol–water partition coefficient (Wildman–Crippen LogP) is 3.69. The molecule has 1 heterocycles. The largest absolute Gasteiger partial charge is 0.326 e. The van der Waals surface area contributed by atoms with Crippen molar-refractivity contribution in [2.24, 2.45) is 11.8 Å². The first kappa shape index (κ1) is 18.0. The molecule has 0 bridgehead atoms. The Balaban J connectivity index is 0.00000220. The number of halogens is 1. The Bertz CT molecular complexity index is 450. The Morgan fingerprint density at radius 2 is 1.86 bits per heavy atom. The molecule has 1 unspecified atom stereocenters. The normalized spacial score (nSPS) is 16.9. The summed E-state index contributed by atoms with van der Waals surface area (Å²) in [5.74, 6) is 1.29. The van der Waals surface area contributed by atoms with Crippen LogP contribution in [0.1, 0.15) is 37.3 Å². The molecule has 0 spiro atoms. The number of benzene rings is 1. The molecule has 1 saturated heterocycles. The minimum absolute atomic E-state index is 0. The highest BCUT2D eigenvalue weighted by molar-refractivity contribution is 5.92. The van der Waals surface area contributed by atoms with E-state index in [0.29, 0.717) is 18.3 Å². The van der Waals surface area contributed by atoms with E-state index < -0.39 is 0 Å². The maximum Gasteiger partial charge on any atom is 0.224 e. The van der Waals surface area contributed by atoms with Crippen molar-refractivity contribution in [3.8, 4) is 0 Å². The van der Waals surface area contributed by atoms with Crippen LogP contribution >= 0.6 is 12.4 Å². The summed E-state index contributed by atoms with van der Waals surface area (Å²) >= 11 is 0. The lowest BCUT2D eigenvalue weighted by Gasteiger charge is -2.28. The van der Waals surface area contributed by atoms with Crippen molar-refractivity contribution in [1.82, 2.24) is 5.32 Å². The van der Waals surface area contributed by atoms with Gasteiger partial charge in [0.15, 0.2) is 0 Å². The Hall–Kier alpha value is -1.06. The van der Waals surface area contributed by atoms with Gasteiger partial charge in [0.2, 0.25) is 5.91 Å². The van der Waals surface area contributed by atoms with Crippen LogP contribution in [-0.4, -0.2) is 19.0 Å². The second kappa shape index (κ2) is 8.40. The molecule has 21 heavy (non-hydrogen) atoms. The number of nitrogens with one attached hydrogen (secondary N) is 2. The molecule has 1 fully saturated rings. The summed E-state index contributed by atoms with van der Waals surface area (Å²) in [5, 5.41) is 6.47. The summed E-state index contributed by atoms with van der Waals surface area (Å²) in [7, 11) is 0. The molecule has 1 aromatic carbocycles. The number of rotatable bonds is 4. The summed E-state index contributed by atoms with van der Waals surface area (Å²) in [6.45, 7) is 8.47. The van der Waals surface area contributed by atoms with Crippen LogP contribution in [0.5, 0.6) is 0 Å². The molecule has 1 aliphatic rings. The number of aryl methyl sites for hydroxylation is 2. The molecule has 0 saturated carbocycles. The molecule has 2 rings (SSSR count). The highest BCUT2D eigenvalue weighted by Crippen LogP contribution is 2.25. The Morgan fingerprint density at radius 3 is 2.43 bits per heavy atom. The third kappa shape index (κ3) is 5.01. The van der Waals surface area contributed by atoms with Gasteiger partial charge in [0, 0.05) is 12.1 Å². The first-order valence-electron chi connectivity index (χ1n) is 7.64. The number of hydrogen-bond donors (Lipinski definition) is 2. The number of para-hydroxylation sites is 1. The van der Waals surface area contributed by atoms with Gasteiger partial charge in [0.05, 0.1) is 0 Å². The number of carbonyl (C=O) groups excluding carboxylic acids is 1. The lowest BCUT2D eigenvalue weighted by Crippen LogP contribution is -2.32. The molecular weight excluding hydrogens is 284 g/mol. The van der Waals surface area contributed by atoms with Crippen LogP contribution in [0.2, 0.25) is 0 Å². The third-order valence-corrected chi connectivity index (χ3v) is 4.44. The molecular formula is C17H27ClN2O. The van der Waals surface area contributed by atoms with Crippen molar-refractivity contribution < 1.29 is 4.79 Å². The zero-order valence-corrected chi connectivity index (χ0v) is 14.1. The predicted molar refractivity (Wildman–Crippen MR) is 91.2 cm³/mol. The second-order valence-corrected chi connectivity index (χ2v) is 6.08. The molecule has 2 N–H and O–H groups in total. The molecule has 118 valence electrons. The lowest BCUT2D eigenvalue weighted by atomic mass is 9.84. The molecule has 1 atom stereocenters. The van der Waals surface area contributed by atoms with Crippen molar-refractivity contribution in [3.05, 3.63) is 29.3 Å². The van der Waals surface area contributed by atoms with Crippen molar-refractivity contribution >= 4 is 24.0 Å². The minimum atomic E-state index is 0. The summed E-state index contributed by atoms with van der Waals surface area (Å²) in [6, 6.07) is 6.11. The van der Waals surface area contributed by atoms with Gasteiger partial charge < -0.3 is 10.6 Å². The maximum absolute atomic E-state index is 12.2. The zero-order chi connectivity index (χ0) is 14.5.